The maximum absolute atomic E-state index is 11.4. The van der Waals surface area contributed by atoms with Gasteiger partial charge < -0.3 is 36.5 Å². The van der Waals surface area contributed by atoms with Crippen LogP contribution in [0.4, 0.5) is 28.3 Å². The molecule has 0 amide bonds. The van der Waals surface area contributed by atoms with Crippen molar-refractivity contribution in [1.29, 1.82) is 0 Å². The van der Waals surface area contributed by atoms with Crippen LogP contribution in [0, 0.1) is 0 Å². The minimum absolute atomic E-state index is 0. The van der Waals surface area contributed by atoms with Gasteiger partial charge in [0.2, 0.25) is 46.0 Å². The number of rotatable bonds is 24. The predicted octanol–water partition coefficient (Wildman–Crippen LogP) is 7.48. The summed E-state index contributed by atoms with van der Waals surface area (Å²) in [7, 11) is -2.92. The SMILES string of the molecule is C.C.C.C.CC(C)NCc1cc(N(C)S(C)(=O)=O)ccn1.CC(C)NCc1ccnc(N(C)S(C)(=O)=O)c1.CC(C)NCc1cnc(N(C)S(C)(=O)=O)[nH]1.CC(C)NCc1cncc(N(C)S(C)(=O)=O)c1.CC(C)NCc1csc(N(C)C)n1. The molecular weight excluding hydrogens is 1170 g/mol. The number of anilines is 5. The van der Waals surface area contributed by atoms with E-state index in [1.54, 1.807) is 60.5 Å². The lowest BCUT2D eigenvalue weighted by atomic mass is 10.2. The van der Waals surface area contributed by atoms with Crippen LogP contribution in [0.25, 0.3) is 0 Å². The second-order valence-electron chi connectivity index (χ2n) is 20.4. The van der Waals surface area contributed by atoms with E-state index in [4.69, 9.17) is 0 Å². The maximum atomic E-state index is 11.4. The summed E-state index contributed by atoms with van der Waals surface area (Å²) < 4.78 is 95.6. The van der Waals surface area contributed by atoms with Gasteiger partial charge in [0.05, 0.1) is 65.9 Å². The fourth-order valence-corrected chi connectivity index (χ4v) is 8.29. The Balaban J connectivity index is -0.000000472. The number of hydrogen-bond donors (Lipinski definition) is 6. The van der Waals surface area contributed by atoms with Crippen molar-refractivity contribution in [2.45, 2.75) is 162 Å². The molecule has 0 aromatic carbocycles. The molecule has 84 heavy (non-hydrogen) atoms. The number of nitrogens with zero attached hydrogens (tertiary/aromatic N) is 10. The molecule has 5 heterocycles. The molecule has 5 aromatic heterocycles. The van der Waals surface area contributed by atoms with E-state index >= 15 is 0 Å². The summed E-state index contributed by atoms with van der Waals surface area (Å²) in [6, 6.07) is 11.0. The Morgan fingerprint density at radius 3 is 1.38 bits per heavy atom. The summed E-state index contributed by atoms with van der Waals surface area (Å²) in [5, 5.41) is 19.5. The zero-order valence-electron chi connectivity index (χ0n) is 50.6. The van der Waals surface area contributed by atoms with Crippen LogP contribution in [0.3, 0.4) is 0 Å². The van der Waals surface area contributed by atoms with Crippen molar-refractivity contribution in [3.63, 3.8) is 0 Å². The van der Waals surface area contributed by atoms with E-state index in [-0.39, 0.29) is 29.7 Å². The van der Waals surface area contributed by atoms with Crippen LogP contribution < -0.4 is 48.7 Å². The molecule has 0 saturated carbocycles. The third-order valence-corrected chi connectivity index (χ3v) is 16.6. The Labute approximate surface area is 513 Å². The van der Waals surface area contributed by atoms with Gasteiger partial charge in [0.15, 0.2) is 5.13 Å². The molecule has 0 aliphatic rings. The normalized spacial score (nSPS) is 11.2. The zero-order valence-corrected chi connectivity index (χ0v) is 54.6. The summed E-state index contributed by atoms with van der Waals surface area (Å²) in [5.41, 5.74) is 6.00. The molecule has 0 unspecified atom stereocenters. The molecule has 0 fully saturated rings. The van der Waals surface area contributed by atoms with Crippen molar-refractivity contribution in [1.82, 2.24) is 56.5 Å². The van der Waals surface area contributed by atoms with Crippen molar-refractivity contribution in [3.8, 4) is 0 Å². The lowest BCUT2D eigenvalue weighted by molar-refractivity contribution is 0.581. The van der Waals surface area contributed by atoms with Gasteiger partial charge in [-0.15, -0.1) is 11.3 Å². The first-order valence-corrected chi connectivity index (χ1v) is 34.0. The highest BCUT2D eigenvalue weighted by Crippen LogP contribution is 2.19. The Morgan fingerprint density at radius 1 is 0.476 bits per heavy atom. The summed E-state index contributed by atoms with van der Waals surface area (Å²) in [6.45, 7) is 24.2. The predicted molar refractivity (Wildman–Crippen MR) is 358 cm³/mol. The van der Waals surface area contributed by atoms with Gasteiger partial charge in [0.1, 0.15) is 5.82 Å². The molecule has 5 aromatic rings. The zero-order chi connectivity index (χ0) is 61.3. The van der Waals surface area contributed by atoms with Crippen molar-refractivity contribution in [2.75, 3.05) is 89.4 Å². The van der Waals surface area contributed by atoms with Gasteiger partial charge in [-0.25, -0.2) is 52.9 Å². The molecule has 5 rings (SSSR count). The molecular formula is C55H108N16O8S5. The smallest absolute Gasteiger partial charge is 0.234 e. The van der Waals surface area contributed by atoms with Gasteiger partial charge >= 0.3 is 0 Å². The van der Waals surface area contributed by atoms with E-state index in [1.165, 1.54) is 53.6 Å². The van der Waals surface area contributed by atoms with E-state index < -0.39 is 40.1 Å². The molecule has 486 valence electrons. The largest absolute Gasteiger partial charge is 0.354 e. The fraction of sp³-hybridized carbons (Fsp3) is 0.618. The number of thiazole rings is 1. The van der Waals surface area contributed by atoms with Gasteiger partial charge in [-0.1, -0.05) is 98.9 Å². The number of aromatic nitrogens is 6. The lowest BCUT2D eigenvalue weighted by Gasteiger charge is -2.17. The Hall–Kier alpha value is -5.11. The standard InChI is InChI=1S/3C11H19N3O2S.C9H18N4O2S.C9H17N3S.4CH4/c1-9(2)13-7-10-5-11(8-12-6-10)14(3)17(4,15)16;1-9(2)13-8-10-7-11(5-6-12-10)14(3)17(4,15)16;1-9(2)13-8-10-5-6-12-11(7-10)14(3)17(4,15)16;1-7(2)10-5-8-6-11-9(12-8)13(3)16(4,14)15;1-7(2)10-5-8-6-13-9(11-8)12(3)4;;;;/h5-6,8-9,13H,7H2,1-4H3;2*5-7,9,13H,8H2,1-4H3;6-7,10H,5H2,1-4H3,(H,11,12);6-7,10H,5H2,1-4H3;4*1H4. The van der Waals surface area contributed by atoms with Crippen LogP contribution in [-0.4, -0.2) is 161 Å². The van der Waals surface area contributed by atoms with Crippen LogP contribution in [0.15, 0.2) is 66.7 Å². The summed E-state index contributed by atoms with van der Waals surface area (Å²) in [5.74, 6) is 0.776. The second-order valence-corrected chi connectivity index (χ2v) is 29.3. The first-order chi connectivity index (χ1) is 36.8. The number of aromatic amines is 1. The average molecular weight is 1280 g/mol. The Kier molecular flexibility index (Phi) is 40.9. The van der Waals surface area contributed by atoms with E-state index in [9.17, 15) is 33.7 Å². The number of imidazole rings is 1. The summed E-state index contributed by atoms with van der Waals surface area (Å²) in [4.78, 5) is 25.7. The van der Waals surface area contributed by atoms with Crippen molar-refractivity contribution in [2.24, 2.45) is 0 Å². The molecule has 0 aliphatic heterocycles. The molecule has 0 radical (unpaired) electrons. The lowest BCUT2D eigenvalue weighted by Crippen LogP contribution is -2.26. The minimum Gasteiger partial charge on any atom is -0.354 e. The number of pyridine rings is 3. The van der Waals surface area contributed by atoms with Crippen LogP contribution in [0.2, 0.25) is 0 Å². The van der Waals surface area contributed by atoms with Crippen molar-refractivity contribution in [3.05, 3.63) is 94.9 Å². The first kappa shape index (κ1) is 85.3. The second kappa shape index (κ2) is 40.3. The van der Waals surface area contributed by atoms with Crippen molar-refractivity contribution >= 4 is 79.7 Å². The van der Waals surface area contributed by atoms with Crippen LogP contribution in [-0.2, 0) is 72.8 Å². The highest BCUT2D eigenvalue weighted by Gasteiger charge is 2.17. The molecule has 29 heteroatoms. The van der Waals surface area contributed by atoms with Gasteiger partial charge in [0, 0.05) is 129 Å². The van der Waals surface area contributed by atoms with E-state index in [1.807, 2.05) is 58.8 Å². The molecule has 0 saturated heterocycles. The minimum atomic E-state index is -3.25. The quantitative estimate of drug-likeness (QED) is 0.0349. The highest BCUT2D eigenvalue weighted by molar-refractivity contribution is 7.92. The van der Waals surface area contributed by atoms with Gasteiger partial charge in [0.25, 0.3) is 0 Å². The van der Waals surface area contributed by atoms with Gasteiger partial charge in [-0.2, -0.15) is 0 Å². The van der Waals surface area contributed by atoms with Crippen molar-refractivity contribution < 1.29 is 33.7 Å². The molecule has 6 N–H and O–H groups in total. The third-order valence-electron chi connectivity index (χ3n) is 10.8. The molecule has 0 aliphatic carbocycles. The first-order valence-electron chi connectivity index (χ1n) is 25.7. The number of sulfonamides is 4. The summed E-state index contributed by atoms with van der Waals surface area (Å²) in [6.07, 6.45) is 12.8. The number of H-pyrrole nitrogens is 1. The highest BCUT2D eigenvalue weighted by atomic mass is 32.2. The number of nitrogens with one attached hydrogen (secondary N) is 6. The molecule has 0 spiro atoms. The monoisotopic (exact) mass is 1280 g/mol. The van der Waals surface area contributed by atoms with E-state index in [0.29, 0.717) is 79.5 Å². The molecule has 0 bridgehead atoms. The molecule has 24 nitrogen and oxygen atoms in total. The van der Waals surface area contributed by atoms with Crippen LogP contribution >= 0.6 is 11.3 Å². The van der Waals surface area contributed by atoms with Gasteiger partial charge in [-0.05, 0) is 41.5 Å². The van der Waals surface area contributed by atoms with Crippen LogP contribution in [0.5, 0.6) is 0 Å². The van der Waals surface area contributed by atoms with Crippen LogP contribution in [0.1, 0.15) is 127 Å². The average Bonchev–Trinajstić information content (AvgIpc) is 4.10. The third kappa shape index (κ3) is 35.4. The Morgan fingerprint density at radius 2 is 0.917 bits per heavy atom. The van der Waals surface area contributed by atoms with Gasteiger partial charge in [-0.3, -0.25) is 22.9 Å². The molecule has 0 atom stereocenters. The van der Waals surface area contributed by atoms with E-state index in [0.717, 1.165) is 56.7 Å². The number of hydrogen-bond acceptors (Lipinski definition) is 20. The summed E-state index contributed by atoms with van der Waals surface area (Å²) >= 11 is 1.68. The fourth-order valence-electron chi connectivity index (χ4n) is 5.71. The maximum Gasteiger partial charge on any atom is 0.234 e. The Bertz CT molecular complexity index is 2840. The van der Waals surface area contributed by atoms with E-state index in [2.05, 4.69) is 103 Å². The topological polar surface area (TPSA) is 293 Å².